The van der Waals surface area contributed by atoms with Gasteiger partial charge in [-0.25, -0.2) is 4.79 Å². The van der Waals surface area contributed by atoms with Crippen LogP contribution in [0.15, 0.2) is 65.8 Å². The third-order valence-corrected chi connectivity index (χ3v) is 4.88. The summed E-state index contributed by atoms with van der Waals surface area (Å²) in [5, 5.41) is 9.18. The number of carboxylic acids is 1. The molecule has 0 aliphatic carbocycles. The number of pyridine rings is 1. The maximum atomic E-state index is 13.2. The molecule has 0 atom stereocenters. The summed E-state index contributed by atoms with van der Waals surface area (Å²) in [4.78, 5) is 15.6. The van der Waals surface area contributed by atoms with E-state index < -0.39 is 17.7 Å². The molecule has 1 aromatic heterocycles. The van der Waals surface area contributed by atoms with E-state index in [0.717, 1.165) is 24.1 Å². The van der Waals surface area contributed by atoms with Crippen LogP contribution >= 0.6 is 11.9 Å². The van der Waals surface area contributed by atoms with E-state index in [1.807, 2.05) is 0 Å². The van der Waals surface area contributed by atoms with Crippen LogP contribution in [-0.2, 0) is 6.18 Å². The van der Waals surface area contributed by atoms with Crippen LogP contribution in [0, 0.1) is 0 Å². The standard InChI is InChI=1S/C20H15F3N2O3S/c1-28-17-5-2-13(19(26)27)10-18(17)29-25-16-11-14(20(21,22)23)3-4-15(16)12-6-8-24-9-7-12/h2-11,25H,1H3,(H,26,27). The van der Waals surface area contributed by atoms with Crippen LogP contribution in [0.3, 0.4) is 0 Å². The summed E-state index contributed by atoms with van der Waals surface area (Å²) in [6, 6.07) is 11.0. The van der Waals surface area contributed by atoms with Gasteiger partial charge in [-0.2, -0.15) is 13.2 Å². The van der Waals surface area contributed by atoms with E-state index in [9.17, 15) is 23.1 Å². The molecule has 150 valence electrons. The van der Waals surface area contributed by atoms with E-state index in [4.69, 9.17) is 4.74 Å². The van der Waals surface area contributed by atoms with Gasteiger partial charge in [-0.1, -0.05) is 6.07 Å². The summed E-state index contributed by atoms with van der Waals surface area (Å²) in [5.41, 5.74) is 0.682. The number of aromatic nitrogens is 1. The molecule has 9 heteroatoms. The summed E-state index contributed by atoms with van der Waals surface area (Å²) < 4.78 is 47.7. The number of methoxy groups -OCH3 is 1. The van der Waals surface area contributed by atoms with Gasteiger partial charge in [0.15, 0.2) is 0 Å². The average Bonchev–Trinajstić information content (AvgIpc) is 2.71. The Morgan fingerprint density at radius 2 is 1.83 bits per heavy atom. The topological polar surface area (TPSA) is 71.5 Å². The molecule has 0 spiro atoms. The molecular weight excluding hydrogens is 405 g/mol. The number of hydrogen-bond acceptors (Lipinski definition) is 5. The molecule has 0 saturated carbocycles. The summed E-state index contributed by atoms with van der Waals surface area (Å²) in [6.07, 6.45) is -1.41. The highest BCUT2D eigenvalue weighted by molar-refractivity contribution is 8.00. The fraction of sp³-hybridized carbons (Fsp3) is 0.100. The molecule has 0 amide bonds. The molecule has 0 bridgehead atoms. The number of carbonyl (C=O) groups is 1. The summed E-state index contributed by atoms with van der Waals surface area (Å²) in [7, 11) is 1.42. The van der Waals surface area contributed by atoms with Crippen molar-refractivity contribution in [1.82, 2.24) is 4.98 Å². The second kappa shape index (κ2) is 8.44. The number of hydrogen-bond donors (Lipinski definition) is 2. The molecular formula is C20H15F3N2O3S. The lowest BCUT2D eigenvalue weighted by molar-refractivity contribution is -0.137. The van der Waals surface area contributed by atoms with E-state index in [2.05, 4.69) is 9.71 Å². The zero-order valence-corrected chi connectivity index (χ0v) is 15.8. The number of nitrogens with zero attached hydrogens (tertiary/aromatic N) is 1. The Morgan fingerprint density at radius 1 is 1.10 bits per heavy atom. The lowest BCUT2D eigenvalue weighted by Crippen LogP contribution is -2.06. The molecule has 5 nitrogen and oxygen atoms in total. The zero-order chi connectivity index (χ0) is 21.0. The largest absolute Gasteiger partial charge is 0.496 e. The van der Waals surface area contributed by atoms with Crippen LogP contribution in [-0.4, -0.2) is 23.2 Å². The van der Waals surface area contributed by atoms with Crippen molar-refractivity contribution in [2.24, 2.45) is 0 Å². The van der Waals surface area contributed by atoms with Crippen molar-refractivity contribution in [2.75, 3.05) is 11.8 Å². The minimum absolute atomic E-state index is 0.0356. The first-order valence-electron chi connectivity index (χ1n) is 8.25. The van der Waals surface area contributed by atoms with E-state index in [1.165, 1.54) is 31.4 Å². The van der Waals surface area contributed by atoms with Crippen molar-refractivity contribution in [2.45, 2.75) is 11.1 Å². The number of rotatable bonds is 6. The number of aromatic carboxylic acids is 1. The minimum Gasteiger partial charge on any atom is -0.496 e. The van der Waals surface area contributed by atoms with Gasteiger partial charge in [-0.05, 0) is 60.0 Å². The number of benzene rings is 2. The van der Waals surface area contributed by atoms with Crippen LogP contribution in [0.2, 0.25) is 0 Å². The Labute approximate surface area is 168 Å². The first-order valence-corrected chi connectivity index (χ1v) is 9.07. The Balaban J connectivity index is 1.99. The second-order valence-electron chi connectivity index (χ2n) is 5.87. The van der Waals surface area contributed by atoms with Gasteiger partial charge in [0, 0.05) is 18.0 Å². The van der Waals surface area contributed by atoms with E-state index in [1.54, 1.807) is 24.5 Å². The highest BCUT2D eigenvalue weighted by Gasteiger charge is 2.31. The Kier molecular flexibility index (Phi) is 5.97. The predicted molar refractivity (Wildman–Crippen MR) is 104 cm³/mol. The van der Waals surface area contributed by atoms with Crippen molar-refractivity contribution in [3.05, 3.63) is 72.1 Å². The van der Waals surface area contributed by atoms with Gasteiger partial charge in [0.25, 0.3) is 0 Å². The van der Waals surface area contributed by atoms with Crippen LogP contribution in [0.1, 0.15) is 15.9 Å². The molecule has 0 saturated heterocycles. The van der Waals surface area contributed by atoms with Crippen molar-refractivity contribution in [3.8, 4) is 16.9 Å². The first-order chi connectivity index (χ1) is 13.8. The molecule has 0 aliphatic heterocycles. The van der Waals surface area contributed by atoms with E-state index in [0.29, 0.717) is 21.8 Å². The smallest absolute Gasteiger partial charge is 0.416 e. The average molecular weight is 420 g/mol. The van der Waals surface area contributed by atoms with Crippen molar-refractivity contribution < 1.29 is 27.8 Å². The molecule has 0 unspecified atom stereocenters. The third-order valence-electron chi connectivity index (χ3n) is 4.02. The van der Waals surface area contributed by atoms with Crippen LogP contribution < -0.4 is 9.46 Å². The summed E-state index contributed by atoms with van der Waals surface area (Å²) in [5.74, 6) is -0.726. The number of carboxylic acid groups (broad SMARTS) is 1. The lowest BCUT2D eigenvalue weighted by atomic mass is 10.0. The molecule has 2 N–H and O–H groups in total. The number of nitrogens with one attached hydrogen (secondary N) is 1. The molecule has 3 aromatic rings. The number of alkyl halides is 3. The van der Waals surface area contributed by atoms with Crippen molar-refractivity contribution >= 4 is 23.6 Å². The van der Waals surface area contributed by atoms with Gasteiger partial charge in [0.1, 0.15) is 5.75 Å². The number of anilines is 1. The fourth-order valence-electron chi connectivity index (χ4n) is 2.59. The number of ether oxygens (including phenoxy) is 1. The van der Waals surface area contributed by atoms with Gasteiger partial charge >= 0.3 is 12.1 Å². The maximum absolute atomic E-state index is 13.2. The van der Waals surface area contributed by atoms with Gasteiger partial charge in [0.05, 0.1) is 28.8 Å². The Bertz CT molecular complexity index is 1030. The normalized spacial score (nSPS) is 11.2. The monoisotopic (exact) mass is 420 g/mol. The van der Waals surface area contributed by atoms with Crippen LogP contribution in [0.5, 0.6) is 5.75 Å². The molecule has 0 aliphatic rings. The maximum Gasteiger partial charge on any atom is 0.416 e. The third kappa shape index (κ3) is 4.80. The van der Waals surface area contributed by atoms with Crippen molar-refractivity contribution in [3.63, 3.8) is 0 Å². The highest BCUT2D eigenvalue weighted by atomic mass is 32.2. The molecule has 0 fully saturated rings. The summed E-state index contributed by atoms with van der Waals surface area (Å²) in [6.45, 7) is 0. The lowest BCUT2D eigenvalue weighted by Gasteiger charge is -2.16. The quantitative estimate of drug-likeness (QED) is 0.507. The van der Waals surface area contributed by atoms with Gasteiger partial charge < -0.3 is 14.6 Å². The molecule has 1 heterocycles. The fourth-order valence-corrected chi connectivity index (χ4v) is 3.41. The predicted octanol–water partition coefficient (Wildman–Crippen LogP) is 5.59. The Hall–Kier alpha value is -3.20. The zero-order valence-electron chi connectivity index (χ0n) is 15.0. The molecule has 3 rings (SSSR count). The summed E-state index contributed by atoms with van der Waals surface area (Å²) >= 11 is 0.963. The molecule has 2 aromatic carbocycles. The van der Waals surface area contributed by atoms with Gasteiger partial charge in [-0.3, -0.25) is 4.98 Å². The minimum atomic E-state index is -4.50. The SMILES string of the molecule is COc1ccc(C(=O)O)cc1SNc1cc(C(F)(F)F)ccc1-c1ccncc1. The first kappa shape index (κ1) is 20.5. The van der Waals surface area contributed by atoms with Gasteiger partial charge in [-0.15, -0.1) is 0 Å². The van der Waals surface area contributed by atoms with Crippen LogP contribution in [0.4, 0.5) is 18.9 Å². The Morgan fingerprint density at radius 3 is 2.45 bits per heavy atom. The molecule has 0 radical (unpaired) electrons. The van der Waals surface area contributed by atoms with E-state index in [-0.39, 0.29) is 11.3 Å². The highest BCUT2D eigenvalue weighted by Crippen LogP contribution is 2.39. The van der Waals surface area contributed by atoms with Crippen molar-refractivity contribution in [1.29, 1.82) is 0 Å². The van der Waals surface area contributed by atoms with E-state index >= 15 is 0 Å². The van der Waals surface area contributed by atoms with Gasteiger partial charge in [0.2, 0.25) is 0 Å². The molecule has 29 heavy (non-hydrogen) atoms. The second-order valence-corrected chi connectivity index (χ2v) is 6.72. The number of halogens is 3. The van der Waals surface area contributed by atoms with Crippen LogP contribution in [0.25, 0.3) is 11.1 Å².